The van der Waals surface area contributed by atoms with Crippen molar-refractivity contribution in [3.8, 4) is 5.75 Å². The number of phenolic OH excluding ortho intramolecular Hbond substituents is 1. The second-order valence-corrected chi connectivity index (χ2v) is 4.70. The highest BCUT2D eigenvalue weighted by molar-refractivity contribution is 6.32. The molecule has 15 heavy (non-hydrogen) atoms. The maximum Gasteiger partial charge on any atom is 0.134 e. The summed E-state index contributed by atoms with van der Waals surface area (Å²) in [5.74, 6) is 1.01. The maximum absolute atomic E-state index is 9.27. The van der Waals surface area contributed by atoms with E-state index in [4.69, 9.17) is 11.6 Å². The van der Waals surface area contributed by atoms with Crippen LogP contribution in [-0.2, 0) is 6.54 Å². The van der Waals surface area contributed by atoms with E-state index in [9.17, 15) is 5.11 Å². The van der Waals surface area contributed by atoms with Crippen LogP contribution in [-0.4, -0.2) is 11.1 Å². The topological polar surface area (TPSA) is 32.3 Å². The molecular weight excluding hydrogens is 210 g/mol. The van der Waals surface area contributed by atoms with Crippen molar-refractivity contribution >= 4 is 11.6 Å². The Morgan fingerprint density at radius 3 is 2.87 bits per heavy atom. The number of benzene rings is 1. The summed E-state index contributed by atoms with van der Waals surface area (Å²) in [5.41, 5.74) is 1.12. The first-order valence-electron chi connectivity index (χ1n) is 5.37. The lowest BCUT2D eigenvalue weighted by molar-refractivity contribution is 0.474. The molecule has 0 spiro atoms. The third kappa shape index (κ3) is 2.86. The van der Waals surface area contributed by atoms with Gasteiger partial charge in [0.2, 0.25) is 0 Å². The van der Waals surface area contributed by atoms with Crippen molar-refractivity contribution in [2.45, 2.75) is 32.4 Å². The molecule has 82 valence electrons. The molecule has 0 aromatic heterocycles. The van der Waals surface area contributed by atoms with Crippen molar-refractivity contribution in [3.05, 3.63) is 28.8 Å². The molecule has 0 bridgehead atoms. The monoisotopic (exact) mass is 225 g/mol. The number of nitrogens with one attached hydrogen (secondary N) is 1. The van der Waals surface area contributed by atoms with E-state index in [-0.39, 0.29) is 5.75 Å². The van der Waals surface area contributed by atoms with Crippen molar-refractivity contribution in [2.24, 2.45) is 5.92 Å². The molecule has 0 heterocycles. The molecule has 0 aliphatic heterocycles. The predicted molar refractivity (Wildman–Crippen MR) is 62.1 cm³/mol. The Balaban J connectivity index is 1.89. The molecule has 1 aromatic carbocycles. The number of aromatic hydroxyl groups is 1. The Labute approximate surface area is 95.3 Å². The molecule has 1 unspecified atom stereocenters. The molecule has 0 radical (unpaired) electrons. The van der Waals surface area contributed by atoms with E-state index in [0.29, 0.717) is 11.1 Å². The van der Waals surface area contributed by atoms with Crippen LogP contribution in [0.4, 0.5) is 0 Å². The van der Waals surface area contributed by atoms with Crippen molar-refractivity contribution in [1.82, 2.24) is 5.32 Å². The summed E-state index contributed by atoms with van der Waals surface area (Å²) in [7, 11) is 0. The first-order chi connectivity index (χ1) is 7.16. The fourth-order valence-electron chi connectivity index (χ4n) is 1.70. The van der Waals surface area contributed by atoms with Gasteiger partial charge in [-0.3, -0.25) is 0 Å². The third-order valence-electron chi connectivity index (χ3n) is 2.97. The molecular formula is C12H16ClNO. The molecule has 0 amide bonds. The van der Waals surface area contributed by atoms with Gasteiger partial charge in [0.15, 0.2) is 0 Å². The summed E-state index contributed by atoms with van der Waals surface area (Å²) in [6.07, 6.45) is 2.70. The first kappa shape index (κ1) is 10.8. The smallest absolute Gasteiger partial charge is 0.134 e. The molecule has 2 nitrogen and oxygen atoms in total. The molecule has 2 N–H and O–H groups in total. The highest BCUT2D eigenvalue weighted by Gasteiger charge is 2.27. The molecule has 0 saturated heterocycles. The van der Waals surface area contributed by atoms with Crippen LogP contribution in [0.1, 0.15) is 25.3 Å². The van der Waals surface area contributed by atoms with Crippen LogP contribution in [0.15, 0.2) is 18.2 Å². The van der Waals surface area contributed by atoms with Crippen molar-refractivity contribution in [3.63, 3.8) is 0 Å². The van der Waals surface area contributed by atoms with Gasteiger partial charge in [0.05, 0.1) is 5.02 Å². The second-order valence-electron chi connectivity index (χ2n) is 4.29. The fraction of sp³-hybridized carbons (Fsp3) is 0.500. The van der Waals surface area contributed by atoms with Crippen LogP contribution < -0.4 is 5.32 Å². The average Bonchev–Trinajstić information content (AvgIpc) is 3.03. The van der Waals surface area contributed by atoms with Crippen LogP contribution in [0.5, 0.6) is 5.75 Å². The Bertz CT molecular complexity index is 349. The van der Waals surface area contributed by atoms with Gasteiger partial charge in [0.25, 0.3) is 0 Å². The number of hydrogen-bond acceptors (Lipinski definition) is 2. The van der Waals surface area contributed by atoms with Gasteiger partial charge in [0, 0.05) is 12.6 Å². The zero-order chi connectivity index (χ0) is 10.8. The van der Waals surface area contributed by atoms with Crippen molar-refractivity contribution in [1.29, 1.82) is 0 Å². The normalized spacial score (nSPS) is 17.7. The van der Waals surface area contributed by atoms with Gasteiger partial charge in [0.1, 0.15) is 5.75 Å². The minimum absolute atomic E-state index is 0.149. The third-order valence-corrected chi connectivity index (χ3v) is 3.27. The largest absolute Gasteiger partial charge is 0.506 e. The van der Waals surface area contributed by atoms with Gasteiger partial charge in [-0.2, -0.15) is 0 Å². The number of phenols is 1. The van der Waals surface area contributed by atoms with Crippen LogP contribution in [0.25, 0.3) is 0 Å². The lowest BCUT2D eigenvalue weighted by Crippen LogP contribution is -2.27. The average molecular weight is 226 g/mol. The van der Waals surface area contributed by atoms with Crippen LogP contribution in [0, 0.1) is 5.92 Å². The van der Waals surface area contributed by atoms with Gasteiger partial charge in [-0.25, -0.2) is 0 Å². The van der Waals surface area contributed by atoms with Crippen LogP contribution in [0.3, 0.4) is 0 Å². The van der Waals surface area contributed by atoms with E-state index in [0.717, 1.165) is 18.0 Å². The molecule has 3 heteroatoms. The quantitative estimate of drug-likeness (QED) is 0.826. The maximum atomic E-state index is 9.27. The molecule has 1 aromatic rings. The molecule has 2 rings (SSSR count). The number of rotatable bonds is 4. The Morgan fingerprint density at radius 1 is 1.53 bits per heavy atom. The van der Waals surface area contributed by atoms with Gasteiger partial charge in [-0.15, -0.1) is 0 Å². The summed E-state index contributed by atoms with van der Waals surface area (Å²) >= 11 is 5.83. The lowest BCUT2D eigenvalue weighted by atomic mass is 10.1. The summed E-state index contributed by atoms with van der Waals surface area (Å²) in [6.45, 7) is 3.04. The molecule has 1 aliphatic carbocycles. The highest BCUT2D eigenvalue weighted by Crippen LogP contribution is 2.32. The van der Waals surface area contributed by atoms with E-state index in [1.807, 2.05) is 12.1 Å². The van der Waals surface area contributed by atoms with Crippen LogP contribution in [0.2, 0.25) is 5.02 Å². The Morgan fingerprint density at radius 2 is 2.27 bits per heavy atom. The standard InChI is InChI=1S/C12H16ClNO/c1-8(10-3-4-10)14-7-9-2-5-12(15)11(13)6-9/h2,5-6,8,10,14-15H,3-4,7H2,1H3. The molecule has 1 fully saturated rings. The summed E-state index contributed by atoms with van der Waals surface area (Å²) < 4.78 is 0. The summed E-state index contributed by atoms with van der Waals surface area (Å²) in [5, 5.41) is 13.2. The minimum atomic E-state index is 0.149. The first-order valence-corrected chi connectivity index (χ1v) is 5.75. The number of hydrogen-bond donors (Lipinski definition) is 2. The van der Waals surface area contributed by atoms with Gasteiger partial charge >= 0.3 is 0 Å². The van der Waals surface area contributed by atoms with E-state index >= 15 is 0 Å². The zero-order valence-electron chi connectivity index (χ0n) is 8.83. The van der Waals surface area contributed by atoms with Crippen molar-refractivity contribution in [2.75, 3.05) is 0 Å². The Hall–Kier alpha value is -0.730. The van der Waals surface area contributed by atoms with E-state index in [2.05, 4.69) is 12.2 Å². The predicted octanol–water partition coefficient (Wildman–Crippen LogP) is 2.93. The molecule has 1 aliphatic rings. The molecule has 1 saturated carbocycles. The zero-order valence-corrected chi connectivity index (χ0v) is 9.59. The Kier molecular flexibility index (Phi) is 3.17. The fourth-order valence-corrected chi connectivity index (χ4v) is 1.91. The minimum Gasteiger partial charge on any atom is -0.506 e. The van der Waals surface area contributed by atoms with E-state index in [1.54, 1.807) is 6.07 Å². The lowest BCUT2D eigenvalue weighted by Gasteiger charge is -2.12. The summed E-state index contributed by atoms with van der Waals surface area (Å²) in [4.78, 5) is 0. The van der Waals surface area contributed by atoms with E-state index in [1.165, 1.54) is 12.8 Å². The highest BCUT2D eigenvalue weighted by atomic mass is 35.5. The van der Waals surface area contributed by atoms with Crippen LogP contribution >= 0.6 is 11.6 Å². The van der Waals surface area contributed by atoms with Crippen molar-refractivity contribution < 1.29 is 5.11 Å². The van der Waals surface area contributed by atoms with Gasteiger partial charge in [-0.1, -0.05) is 17.7 Å². The summed E-state index contributed by atoms with van der Waals surface area (Å²) in [6, 6.07) is 5.93. The SMILES string of the molecule is CC(NCc1ccc(O)c(Cl)c1)C1CC1. The van der Waals surface area contributed by atoms with E-state index < -0.39 is 0 Å². The molecule has 1 atom stereocenters. The van der Waals surface area contributed by atoms with Gasteiger partial charge < -0.3 is 10.4 Å². The second kappa shape index (κ2) is 4.42. The number of halogens is 1. The van der Waals surface area contributed by atoms with Gasteiger partial charge in [-0.05, 0) is 43.4 Å².